The van der Waals surface area contributed by atoms with Crippen LogP contribution in [-0.2, 0) is 9.53 Å². The Labute approximate surface area is 72.8 Å². The third kappa shape index (κ3) is 7.24. The molecule has 4 nitrogen and oxygen atoms in total. The first-order valence-electron chi connectivity index (χ1n) is 3.85. The lowest BCUT2D eigenvalue weighted by Gasteiger charge is -2.04. The summed E-state index contributed by atoms with van der Waals surface area (Å²) in [6.07, 6.45) is 0. The Morgan fingerprint density at radius 3 is 2.83 bits per heavy atom. The first-order chi connectivity index (χ1) is 5.66. The van der Waals surface area contributed by atoms with Crippen molar-refractivity contribution in [3.63, 3.8) is 0 Å². The Hall–Kier alpha value is -0.870. The third-order valence-electron chi connectivity index (χ3n) is 1.08. The number of nitrogens with one attached hydrogen (secondary N) is 1. The van der Waals surface area contributed by atoms with E-state index in [2.05, 4.69) is 11.9 Å². The average Bonchev–Trinajstić information content (AvgIpc) is 2.01. The number of carbonyl (C=O) groups is 1. The minimum Gasteiger partial charge on any atom is -0.370 e. The molecule has 0 aromatic heterocycles. The van der Waals surface area contributed by atoms with Crippen LogP contribution < -0.4 is 11.1 Å². The zero-order valence-electron chi connectivity index (χ0n) is 7.43. The smallest absolute Gasteiger partial charge is 0.246 e. The molecular formula is C8H16N2O2. The fourth-order valence-electron chi connectivity index (χ4n) is 0.549. The average molecular weight is 172 g/mol. The van der Waals surface area contributed by atoms with Gasteiger partial charge in [0, 0.05) is 13.1 Å². The van der Waals surface area contributed by atoms with E-state index in [9.17, 15) is 4.79 Å². The topological polar surface area (TPSA) is 64.3 Å². The molecule has 0 aliphatic carbocycles. The first kappa shape index (κ1) is 11.1. The minimum atomic E-state index is -0.133. The lowest BCUT2D eigenvalue weighted by atomic mass is 10.3. The van der Waals surface area contributed by atoms with Crippen molar-refractivity contribution in [1.82, 2.24) is 5.32 Å². The van der Waals surface area contributed by atoms with Crippen molar-refractivity contribution >= 4 is 5.91 Å². The van der Waals surface area contributed by atoms with Gasteiger partial charge in [-0.15, -0.1) is 0 Å². The van der Waals surface area contributed by atoms with Gasteiger partial charge in [-0.05, 0) is 6.92 Å². The van der Waals surface area contributed by atoms with Crippen LogP contribution in [0.4, 0.5) is 0 Å². The molecule has 0 heterocycles. The highest BCUT2D eigenvalue weighted by Gasteiger charge is 1.98. The molecule has 70 valence electrons. The van der Waals surface area contributed by atoms with Gasteiger partial charge in [0.05, 0.1) is 6.61 Å². The number of hydrogen-bond donors (Lipinski definition) is 2. The van der Waals surface area contributed by atoms with Crippen LogP contribution in [0.25, 0.3) is 0 Å². The molecule has 12 heavy (non-hydrogen) atoms. The number of hydrogen-bond acceptors (Lipinski definition) is 3. The molecule has 0 aromatic rings. The van der Waals surface area contributed by atoms with Gasteiger partial charge in [-0.25, -0.2) is 0 Å². The Balaban J connectivity index is 3.28. The number of ether oxygens (including phenoxy) is 1. The quantitative estimate of drug-likeness (QED) is 0.425. The predicted molar refractivity (Wildman–Crippen MR) is 47.7 cm³/mol. The predicted octanol–water partition coefficient (Wildman–Crippen LogP) is -0.346. The van der Waals surface area contributed by atoms with E-state index in [1.54, 1.807) is 0 Å². The van der Waals surface area contributed by atoms with E-state index in [1.165, 1.54) is 0 Å². The molecular weight excluding hydrogens is 156 g/mol. The van der Waals surface area contributed by atoms with E-state index in [0.717, 1.165) is 5.57 Å². The summed E-state index contributed by atoms with van der Waals surface area (Å²) >= 11 is 0. The Kier molecular flexibility index (Phi) is 6.32. The second-order valence-corrected chi connectivity index (χ2v) is 2.58. The molecule has 4 heteroatoms. The molecule has 1 amide bonds. The van der Waals surface area contributed by atoms with Crippen LogP contribution in [0.1, 0.15) is 6.92 Å². The number of rotatable bonds is 6. The number of carbonyl (C=O) groups excluding carboxylic acids is 1. The lowest BCUT2D eigenvalue weighted by molar-refractivity contribution is -0.125. The van der Waals surface area contributed by atoms with E-state index in [4.69, 9.17) is 10.5 Å². The fourth-order valence-corrected chi connectivity index (χ4v) is 0.549. The van der Waals surface area contributed by atoms with Crippen LogP contribution in [0.2, 0.25) is 0 Å². The van der Waals surface area contributed by atoms with Crippen molar-refractivity contribution < 1.29 is 9.53 Å². The molecule has 0 radical (unpaired) electrons. The molecule has 0 atom stereocenters. The molecule has 0 saturated heterocycles. The highest BCUT2D eigenvalue weighted by molar-refractivity contribution is 5.77. The molecule has 0 bridgehead atoms. The Bertz CT molecular complexity index is 157. The zero-order valence-corrected chi connectivity index (χ0v) is 7.43. The van der Waals surface area contributed by atoms with E-state index in [1.807, 2.05) is 6.92 Å². The van der Waals surface area contributed by atoms with Gasteiger partial charge < -0.3 is 15.8 Å². The summed E-state index contributed by atoms with van der Waals surface area (Å²) in [7, 11) is 0. The monoisotopic (exact) mass is 172 g/mol. The molecule has 0 aromatic carbocycles. The van der Waals surface area contributed by atoms with Gasteiger partial charge in [-0.3, -0.25) is 4.79 Å². The highest BCUT2D eigenvalue weighted by atomic mass is 16.5. The van der Waals surface area contributed by atoms with Crippen LogP contribution in [0.5, 0.6) is 0 Å². The van der Waals surface area contributed by atoms with Crippen LogP contribution in [0, 0.1) is 0 Å². The molecule has 0 spiro atoms. The van der Waals surface area contributed by atoms with Gasteiger partial charge in [-0.2, -0.15) is 0 Å². The second kappa shape index (κ2) is 6.82. The molecule has 0 unspecified atom stereocenters. The largest absolute Gasteiger partial charge is 0.370 e. The molecule has 3 N–H and O–H groups in total. The van der Waals surface area contributed by atoms with Crippen LogP contribution in [0.3, 0.4) is 0 Å². The molecule has 0 rings (SSSR count). The van der Waals surface area contributed by atoms with Crippen molar-refractivity contribution in [2.45, 2.75) is 6.92 Å². The van der Waals surface area contributed by atoms with Crippen molar-refractivity contribution in [1.29, 1.82) is 0 Å². The lowest BCUT2D eigenvalue weighted by Crippen LogP contribution is -2.29. The van der Waals surface area contributed by atoms with Crippen molar-refractivity contribution in [2.24, 2.45) is 5.73 Å². The highest BCUT2D eigenvalue weighted by Crippen LogP contribution is 1.81. The summed E-state index contributed by atoms with van der Waals surface area (Å²) in [5, 5.41) is 2.64. The third-order valence-corrected chi connectivity index (χ3v) is 1.08. The molecule has 0 saturated carbocycles. The van der Waals surface area contributed by atoms with E-state index in [0.29, 0.717) is 19.7 Å². The van der Waals surface area contributed by atoms with Gasteiger partial charge in [0.25, 0.3) is 0 Å². The van der Waals surface area contributed by atoms with Crippen LogP contribution in [0.15, 0.2) is 12.2 Å². The Morgan fingerprint density at radius 1 is 1.67 bits per heavy atom. The van der Waals surface area contributed by atoms with Crippen LogP contribution >= 0.6 is 0 Å². The molecule has 0 aliphatic heterocycles. The summed E-state index contributed by atoms with van der Waals surface area (Å²) in [4.78, 5) is 10.9. The molecule has 0 fully saturated rings. The van der Waals surface area contributed by atoms with Gasteiger partial charge in [0.15, 0.2) is 0 Å². The summed E-state index contributed by atoms with van der Waals surface area (Å²) in [5.74, 6) is -0.133. The Morgan fingerprint density at radius 2 is 2.33 bits per heavy atom. The van der Waals surface area contributed by atoms with E-state index < -0.39 is 0 Å². The second-order valence-electron chi connectivity index (χ2n) is 2.58. The maximum atomic E-state index is 10.9. The van der Waals surface area contributed by atoms with Crippen molar-refractivity contribution in [2.75, 3.05) is 26.3 Å². The number of amides is 1. The zero-order chi connectivity index (χ0) is 9.40. The van der Waals surface area contributed by atoms with Crippen LogP contribution in [-0.4, -0.2) is 32.2 Å². The standard InChI is InChI=1S/C8H16N2O2/c1-7(2)5-10-8(11)6-12-4-3-9/h1,3-6,9H2,2H3,(H,10,11). The minimum absolute atomic E-state index is 0.0739. The van der Waals surface area contributed by atoms with Gasteiger partial charge in [0.1, 0.15) is 6.61 Å². The van der Waals surface area contributed by atoms with Gasteiger partial charge in [-0.1, -0.05) is 12.2 Å². The van der Waals surface area contributed by atoms with Gasteiger partial charge >= 0.3 is 0 Å². The van der Waals surface area contributed by atoms with Gasteiger partial charge in [0.2, 0.25) is 5.91 Å². The van der Waals surface area contributed by atoms with Crippen molar-refractivity contribution in [3.8, 4) is 0 Å². The summed E-state index contributed by atoms with van der Waals surface area (Å²) in [5.41, 5.74) is 6.08. The summed E-state index contributed by atoms with van der Waals surface area (Å²) < 4.78 is 4.91. The maximum Gasteiger partial charge on any atom is 0.246 e. The molecule has 0 aliphatic rings. The maximum absolute atomic E-state index is 10.9. The summed E-state index contributed by atoms with van der Waals surface area (Å²) in [6.45, 7) is 6.93. The summed E-state index contributed by atoms with van der Waals surface area (Å²) in [6, 6.07) is 0. The normalized spacial score (nSPS) is 9.50. The van der Waals surface area contributed by atoms with E-state index in [-0.39, 0.29) is 12.5 Å². The SMILES string of the molecule is C=C(C)CNC(=O)COCCN. The fraction of sp³-hybridized carbons (Fsp3) is 0.625. The first-order valence-corrected chi connectivity index (χ1v) is 3.85. The van der Waals surface area contributed by atoms with Crippen molar-refractivity contribution in [3.05, 3.63) is 12.2 Å². The number of nitrogens with two attached hydrogens (primary N) is 1. The van der Waals surface area contributed by atoms with E-state index >= 15 is 0 Å².